The minimum atomic E-state index is -0.844. The molecule has 2 aliphatic heterocycles. The van der Waals surface area contributed by atoms with Crippen LogP contribution in [0, 0.1) is 24.7 Å². The van der Waals surface area contributed by atoms with Gasteiger partial charge in [0.15, 0.2) is 0 Å². The average molecular weight is 1160 g/mol. The van der Waals surface area contributed by atoms with Crippen LogP contribution in [0.3, 0.4) is 0 Å². The summed E-state index contributed by atoms with van der Waals surface area (Å²) in [5.41, 5.74) is 8.49. The number of aryl methyl sites for hydroxylation is 2. The molecular weight excluding hydrogens is 1070 g/mol. The van der Waals surface area contributed by atoms with E-state index in [0.29, 0.717) is 111 Å². The molecule has 2 fully saturated rings. The van der Waals surface area contributed by atoms with Crippen molar-refractivity contribution < 1.29 is 52.5 Å². The Hall–Kier alpha value is -5.68. The van der Waals surface area contributed by atoms with Crippen molar-refractivity contribution in [3.63, 3.8) is 0 Å². The normalized spacial score (nSPS) is 16.3. The number of hydrogen-bond acceptors (Lipinski definition) is 15. The molecular formula is C60H86N8O11S2. The Labute approximate surface area is 486 Å². The van der Waals surface area contributed by atoms with Crippen molar-refractivity contribution >= 4 is 58.1 Å². The topological polar surface area (TPSA) is 229 Å². The van der Waals surface area contributed by atoms with Crippen LogP contribution in [-0.2, 0) is 65.5 Å². The van der Waals surface area contributed by atoms with E-state index in [1.54, 1.807) is 32.5 Å². The van der Waals surface area contributed by atoms with Crippen molar-refractivity contribution in [1.29, 1.82) is 0 Å². The molecule has 81 heavy (non-hydrogen) atoms. The van der Waals surface area contributed by atoms with Gasteiger partial charge >= 0.3 is 0 Å². The lowest BCUT2D eigenvalue weighted by atomic mass is 9.85. The van der Waals surface area contributed by atoms with Gasteiger partial charge in [-0.05, 0) is 98.3 Å². The maximum Gasteiger partial charge on any atom is 0.246 e. The standard InChI is InChI=1S/C60H86N8O11S2/c1-41-51(80-39-63-41)45-21-17-43(18-22-45)35-61-55(71)47-15-11-25-67(47)57(73)53(59(3,4)5)65-49(69)37-78-32-14-30-76-28-10-9-27-75-29-13-31-77-33-34-79-38-50(70)66-54(60(6,7)8)58(74)68-26-12-16-48(68)56(72)62-36-44-19-23-46(24-20-44)52-42(2)64-40-81-52/h17-24,39-40,47-48,53-54H,9-16,25-38H2,1-8H3,(H,61,71)(H,62,72)(H,65,69)(H,66,70)/t47-,48-,53+,54?/m0/s1. The fourth-order valence-electron chi connectivity index (χ4n) is 9.65. The molecule has 0 saturated carbocycles. The second-order valence-electron chi connectivity index (χ2n) is 22.8. The van der Waals surface area contributed by atoms with E-state index in [9.17, 15) is 28.8 Å². The molecule has 0 spiro atoms. The third kappa shape index (κ3) is 20.3. The van der Waals surface area contributed by atoms with Crippen LogP contribution in [0.2, 0.25) is 0 Å². The second kappa shape index (κ2) is 32.2. The molecule has 4 heterocycles. The van der Waals surface area contributed by atoms with E-state index in [2.05, 4.69) is 31.2 Å². The van der Waals surface area contributed by atoms with E-state index < -0.39 is 46.8 Å². The van der Waals surface area contributed by atoms with Crippen LogP contribution in [0.1, 0.15) is 115 Å². The Morgan fingerprint density at radius 3 is 1.27 bits per heavy atom. The van der Waals surface area contributed by atoms with Gasteiger partial charge in [-0.25, -0.2) is 9.97 Å². The Morgan fingerprint density at radius 1 is 0.531 bits per heavy atom. The van der Waals surface area contributed by atoms with Gasteiger partial charge < -0.3 is 54.8 Å². The fourth-order valence-corrected chi connectivity index (χ4v) is 11.3. The van der Waals surface area contributed by atoms with E-state index in [-0.39, 0.29) is 43.4 Å². The number of rotatable bonds is 32. The predicted molar refractivity (Wildman–Crippen MR) is 313 cm³/mol. The van der Waals surface area contributed by atoms with Gasteiger partial charge in [0.2, 0.25) is 35.4 Å². The molecule has 4 N–H and O–H groups in total. The quantitative estimate of drug-likeness (QED) is 0.0356. The van der Waals surface area contributed by atoms with Crippen LogP contribution in [0.15, 0.2) is 59.6 Å². The van der Waals surface area contributed by atoms with Crippen LogP contribution < -0.4 is 21.3 Å². The van der Waals surface area contributed by atoms with Gasteiger partial charge in [-0.1, -0.05) is 90.1 Å². The average Bonchev–Trinajstić information content (AvgIpc) is 4.32. The molecule has 6 rings (SSSR count). The van der Waals surface area contributed by atoms with Crippen molar-refractivity contribution in [1.82, 2.24) is 41.0 Å². The number of nitrogens with one attached hydrogen (secondary N) is 4. The summed E-state index contributed by atoms with van der Waals surface area (Å²) >= 11 is 3.19. The number of carbonyl (C=O) groups is 6. The van der Waals surface area contributed by atoms with Gasteiger partial charge in [0.1, 0.15) is 37.4 Å². The summed E-state index contributed by atoms with van der Waals surface area (Å²) in [6, 6.07) is 13.2. The first kappa shape index (κ1) is 64.5. The molecule has 2 aliphatic rings. The molecule has 2 saturated heterocycles. The lowest BCUT2D eigenvalue weighted by molar-refractivity contribution is -0.144. The van der Waals surface area contributed by atoms with E-state index in [1.807, 2.05) is 115 Å². The van der Waals surface area contributed by atoms with Crippen LogP contribution >= 0.6 is 22.7 Å². The Kier molecular flexibility index (Phi) is 25.7. The summed E-state index contributed by atoms with van der Waals surface area (Å²) in [6.45, 7) is 20.0. The number of unbranched alkanes of at least 4 members (excludes halogenated alkanes) is 1. The highest BCUT2D eigenvalue weighted by molar-refractivity contribution is 7.13. The predicted octanol–water partition coefficient (Wildman–Crippen LogP) is 7.17. The number of benzene rings is 2. The molecule has 0 bridgehead atoms. The highest BCUT2D eigenvalue weighted by Gasteiger charge is 2.43. The number of hydrogen-bond donors (Lipinski definition) is 4. The maximum atomic E-state index is 13.9. The summed E-state index contributed by atoms with van der Waals surface area (Å²) < 4.78 is 28.3. The number of likely N-dealkylation sites (tertiary alicyclic amines) is 2. The summed E-state index contributed by atoms with van der Waals surface area (Å²) in [5, 5.41) is 11.8. The number of nitrogens with zero attached hydrogens (tertiary/aromatic N) is 4. The Bertz CT molecular complexity index is 2450. The highest BCUT2D eigenvalue weighted by atomic mass is 32.1. The lowest BCUT2D eigenvalue weighted by Gasteiger charge is -2.35. The first-order chi connectivity index (χ1) is 38.8. The molecule has 21 heteroatoms. The zero-order valence-electron chi connectivity index (χ0n) is 48.7. The minimum absolute atomic E-state index is 0.193. The molecule has 0 radical (unpaired) electrons. The second-order valence-corrected chi connectivity index (χ2v) is 24.5. The molecule has 6 amide bonds. The van der Waals surface area contributed by atoms with E-state index >= 15 is 0 Å². The molecule has 2 aromatic carbocycles. The first-order valence-corrected chi connectivity index (χ1v) is 30.2. The fraction of sp³-hybridized carbons (Fsp3) is 0.600. The van der Waals surface area contributed by atoms with E-state index in [0.717, 1.165) is 56.2 Å². The lowest BCUT2D eigenvalue weighted by Crippen LogP contribution is -2.58. The number of aromatic nitrogens is 2. The third-order valence-corrected chi connectivity index (χ3v) is 16.1. The van der Waals surface area contributed by atoms with Gasteiger partial charge in [0.05, 0.1) is 45.4 Å². The zero-order chi connectivity index (χ0) is 58.4. The van der Waals surface area contributed by atoms with E-state index in [1.165, 1.54) is 0 Å². The number of thiazole rings is 2. The molecule has 4 atom stereocenters. The minimum Gasteiger partial charge on any atom is -0.381 e. The van der Waals surface area contributed by atoms with Crippen molar-refractivity contribution in [2.24, 2.45) is 10.8 Å². The molecule has 4 aromatic rings. The molecule has 2 aromatic heterocycles. The summed E-state index contributed by atoms with van der Waals surface area (Å²) in [6.07, 6.45) is 5.49. The smallest absolute Gasteiger partial charge is 0.246 e. The summed E-state index contributed by atoms with van der Waals surface area (Å²) in [5.74, 6) is -1.79. The number of ether oxygens (including phenoxy) is 5. The van der Waals surface area contributed by atoms with Gasteiger partial charge in [0.25, 0.3) is 0 Å². The van der Waals surface area contributed by atoms with Crippen molar-refractivity contribution in [3.05, 3.63) is 82.1 Å². The van der Waals surface area contributed by atoms with Crippen LogP contribution in [0.5, 0.6) is 0 Å². The summed E-state index contributed by atoms with van der Waals surface area (Å²) in [7, 11) is 0. The molecule has 1 unspecified atom stereocenters. The van der Waals surface area contributed by atoms with Crippen molar-refractivity contribution in [2.45, 2.75) is 144 Å². The number of amides is 6. The largest absolute Gasteiger partial charge is 0.381 e. The maximum absolute atomic E-state index is 13.9. The van der Waals surface area contributed by atoms with Crippen LogP contribution in [0.4, 0.5) is 0 Å². The van der Waals surface area contributed by atoms with Crippen LogP contribution in [-0.4, -0.2) is 159 Å². The Balaban J connectivity index is 0.741. The first-order valence-electron chi connectivity index (χ1n) is 28.4. The van der Waals surface area contributed by atoms with Gasteiger partial charge in [-0.15, -0.1) is 22.7 Å². The SMILES string of the molecule is Cc1ncsc1-c1ccc(CNC(=O)[C@@H]2CCCN2C(=O)C(NC(=O)COCCOCCCOCCCCOCCCOCC(=O)N[C@H](C(=O)N2CCC[C@H]2C(=O)NCc2ccc(-c3scnc3C)cc2)C(C)(C)C)C(C)(C)C)cc1. The van der Waals surface area contributed by atoms with Gasteiger partial charge in [-0.3, -0.25) is 28.8 Å². The number of carbonyl (C=O) groups excluding carboxylic acids is 6. The van der Waals surface area contributed by atoms with E-state index in [4.69, 9.17) is 23.7 Å². The monoisotopic (exact) mass is 1160 g/mol. The van der Waals surface area contributed by atoms with Gasteiger partial charge in [0, 0.05) is 65.8 Å². The van der Waals surface area contributed by atoms with Crippen LogP contribution in [0.25, 0.3) is 20.9 Å². The zero-order valence-corrected chi connectivity index (χ0v) is 50.4. The Morgan fingerprint density at radius 2 is 0.889 bits per heavy atom. The highest BCUT2D eigenvalue weighted by Crippen LogP contribution is 2.30. The third-order valence-electron chi connectivity index (χ3n) is 14.2. The molecule has 444 valence electrons. The molecule has 0 aliphatic carbocycles. The molecule has 19 nitrogen and oxygen atoms in total. The summed E-state index contributed by atoms with van der Waals surface area (Å²) in [4.78, 5) is 94.7. The van der Waals surface area contributed by atoms with Crippen molar-refractivity contribution in [3.8, 4) is 20.9 Å². The van der Waals surface area contributed by atoms with Crippen molar-refractivity contribution in [2.75, 3.05) is 79.2 Å². The van der Waals surface area contributed by atoms with Gasteiger partial charge in [-0.2, -0.15) is 0 Å².